The Morgan fingerprint density at radius 2 is 1.62 bits per heavy atom. The van der Waals surface area contributed by atoms with Crippen LogP contribution in [0.5, 0.6) is 0 Å². The second kappa shape index (κ2) is 6.92. The van der Waals surface area contributed by atoms with E-state index < -0.39 is 17.6 Å². The first kappa shape index (κ1) is 17.8. The predicted molar refractivity (Wildman–Crippen MR) is 85.2 cm³/mol. The Kier molecular flexibility index (Phi) is 5.14. The lowest BCUT2D eigenvalue weighted by Crippen LogP contribution is -2.14. The van der Waals surface area contributed by atoms with Gasteiger partial charge in [0.1, 0.15) is 0 Å². The van der Waals surface area contributed by atoms with Crippen LogP contribution >= 0.6 is 11.6 Å². The molecule has 2 N–H and O–H groups in total. The summed E-state index contributed by atoms with van der Waals surface area (Å²) in [6.07, 6.45) is -4.47. The summed E-state index contributed by atoms with van der Waals surface area (Å²) in [6, 6.07) is 8.28. The van der Waals surface area contributed by atoms with Gasteiger partial charge < -0.3 is 10.6 Å². The molecule has 0 aliphatic carbocycles. The molecule has 24 heavy (non-hydrogen) atoms. The Morgan fingerprint density at radius 3 is 2.17 bits per heavy atom. The monoisotopic (exact) mass is 356 g/mol. The van der Waals surface area contributed by atoms with Gasteiger partial charge in [-0.2, -0.15) is 13.2 Å². The molecule has 0 unspecified atom stereocenters. The third-order valence-electron chi connectivity index (χ3n) is 3.01. The molecule has 0 fully saturated rings. The average molecular weight is 357 g/mol. The molecule has 2 aromatic rings. The number of halogens is 4. The number of hydrogen-bond donors (Lipinski definition) is 2. The smallest absolute Gasteiger partial charge is 0.326 e. The van der Waals surface area contributed by atoms with Crippen LogP contribution in [0.25, 0.3) is 0 Å². The van der Waals surface area contributed by atoms with Crippen molar-refractivity contribution < 1.29 is 22.8 Å². The van der Waals surface area contributed by atoms with Gasteiger partial charge in [0.05, 0.1) is 16.3 Å². The minimum Gasteiger partial charge on any atom is -0.326 e. The molecular weight excluding hydrogens is 345 g/mol. The van der Waals surface area contributed by atoms with Gasteiger partial charge in [0.2, 0.25) is 5.91 Å². The summed E-state index contributed by atoms with van der Waals surface area (Å²) < 4.78 is 37.5. The SMILES string of the molecule is CC(=O)Nc1ccc(Cl)c(NC(=O)c2ccc(C(F)(F)F)cc2)c1. The zero-order chi connectivity index (χ0) is 17.9. The number of nitrogens with one attached hydrogen (secondary N) is 2. The number of anilines is 2. The Hall–Kier alpha value is -2.54. The van der Waals surface area contributed by atoms with E-state index in [1.165, 1.54) is 19.1 Å². The Bertz CT molecular complexity index is 774. The maximum absolute atomic E-state index is 12.5. The number of rotatable bonds is 3. The van der Waals surface area contributed by atoms with E-state index in [1.54, 1.807) is 6.07 Å². The largest absolute Gasteiger partial charge is 0.416 e. The van der Waals surface area contributed by atoms with E-state index in [0.29, 0.717) is 5.69 Å². The van der Waals surface area contributed by atoms with E-state index in [2.05, 4.69) is 10.6 Å². The van der Waals surface area contributed by atoms with Crippen molar-refractivity contribution in [3.8, 4) is 0 Å². The van der Waals surface area contributed by atoms with Crippen LogP contribution in [-0.4, -0.2) is 11.8 Å². The van der Waals surface area contributed by atoms with E-state index in [9.17, 15) is 22.8 Å². The van der Waals surface area contributed by atoms with Crippen molar-refractivity contribution >= 4 is 34.8 Å². The third kappa shape index (κ3) is 4.48. The van der Waals surface area contributed by atoms with Gasteiger partial charge in [-0.25, -0.2) is 0 Å². The van der Waals surface area contributed by atoms with Crippen LogP contribution in [0.4, 0.5) is 24.5 Å². The molecule has 0 heterocycles. The summed E-state index contributed by atoms with van der Waals surface area (Å²) in [5.41, 5.74) is -0.142. The van der Waals surface area contributed by atoms with Crippen LogP contribution in [0.15, 0.2) is 42.5 Å². The molecule has 4 nitrogen and oxygen atoms in total. The molecule has 0 aliphatic rings. The number of benzene rings is 2. The number of alkyl halides is 3. The molecular formula is C16H12ClF3N2O2. The fourth-order valence-electron chi connectivity index (χ4n) is 1.91. The summed E-state index contributed by atoms with van der Waals surface area (Å²) in [6.45, 7) is 1.33. The molecule has 0 radical (unpaired) electrons. The van der Waals surface area contributed by atoms with Crippen molar-refractivity contribution in [1.29, 1.82) is 0 Å². The van der Waals surface area contributed by atoms with Gasteiger partial charge >= 0.3 is 6.18 Å². The van der Waals surface area contributed by atoms with Crippen LogP contribution in [-0.2, 0) is 11.0 Å². The lowest BCUT2D eigenvalue weighted by Gasteiger charge is -2.11. The number of carbonyl (C=O) groups excluding carboxylic acids is 2. The minimum absolute atomic E-state index is 0.0454. The van der Waals surface area contributed by atoms with Crippen LogP contribution in [0.2, 0.25) is 5.02 Å². The van der Waals surface area contributed by atoms with E-state index in [1.807, 2.05) is 0 Å². The predicted octanol–water partition coefficient (Wildman–Crippen LogP) is 4.57. The van der Waals surface area contributed by atoms with Crippen LogP contribution in [0, 0.1) is 0 Å². The zero-order valence-corrected chi connectivity index (χ0v) is 13.1. The molecule has 8 heteroatoms. The van der Waals surface area contributed by atoms with Crippen molar-refractivity contribution in [2.45, 2.75) is 13.1 Å². The van der Waals surface area contributed by atoms with Gasteiger partial charge in [0.25, 0.3) is 5.91 Å². The zero-order valence-electron chi connectivity index (χ0n) is 12.4. The van der Waals surface area contributed by atoms with Gasteiger partial charge in [-0.15, -0.1) is 0 Å². The molecule has 0 spiro atoms. The summed E-state index contributed by atoms with van der Waals surface area (Å²) in [5, 5.41) is 5.26. The number of carbonyl (C=O) groups is 2. The van der Waals surface area contributed by atoms with Gasteiger partial charge in [0, 0.05) is 18.2 Å². The van der Waals surface area contributed by atoms with Gasteiger partial charge in [-0.05, 0) is 42.5 Å². The first-order valence-electron chi connectivity index (χ1n) is 6.72. The van der Waals surface area contributed by atoms with Crippen molar-refractivity contribution in [2.75, 3.05) is 10.6 Å². The summed E-state index contributed by atoms with van der Waals surface area (Å²) in [4.78, 5) is 23.2. The number of hydrogen-bond acceptors (Lipinski definition) is 2. The molecule has 0 aliphatic heterocycles. The van der Waals surface area contributed by atoms with Crippen LogP contribution in [0.3, 0.4) is 0 Å². The third-order valence-corrected chi connectivity index (χ3v) is 3.34. The first-order valence-corrected chi connectivity index (χ1v) is 7.10. The summed E-state index contributed by atoms with van der Waals surface area (Å²) in [7, 11) is 0. The highest BCUT2D eigenvalue weighted by Gasteiger charge is 2.30. The molecule has 126 valence electrons. The minimum atomic E-state index is -4.47. The maximum atomic E-state index is 12.5. The standard InChI is InChI=1S/C16H12ClF3N2O2/c1-9(23)21-12-6-7-13(17)14(8-12)22-15(24)10-2-4-11(5-3-10)16(18,19)20/h2-8H,1H3,(H,21,23)(H,22,24). The van der Waals surface area contributed by atoms with Crippen molar-refractivity contribution in [1.82, 2.24) is 0 Å². The molecule has 0 saturated carbocycles. The lowest BCUT2D eigenvalue weighted by atomic mass is 10.1. The van der Waals surface area contributed by atoms with Crippen molar-refractivity contribution in [2.24, 2.45) is 0 Å². The second-order valence-electron chi connectivity index (χ2n) is 4.91. The van der Waals surface area contributed by atoms with Crippen LogP contribution < -0.4 is 10.6 Å². The molecule has 0 aromatic heterocycles. The van der Waals surface area contributed by atoms with Crippen LogP contribution in [0.1, 0.15) is 22.8 Å². The van der Waals surface area contributed by atoms with E-state index >= 15 is 0 Å². The molecule has 2 amide bonds. The summed E-state index contributed by atoms with van der Waals surface area (Å²) in [5.74, 6) is -0.914. The second-order valence-corrected chi connectivity index (χ2v) is 5.31. The Morgan fingerprint density at radius 1 is 1.00 bits per heavy atom. The average Bonchev–Trinajstić information content (AvgIpc) is 2.49. The topological polar surface area (TPSA) is 58.2 Å². The highest BCUT2D eigenvalue weighted by Crippen LogP contribution is 2.30. The van der Waals surface area contributed by atoms with Gasteiger partial charge in [-0.3, -0.25) is 9.59 Å². The molecule has 0 bridgehead atoms. The highest BCUT2D eigenvalue weighted by atomic mass is 35.5. The highest BCUT2D eigenvalue weighted by molar-refractivity contribution is 6.34. The molecule has 0 atom stereocenters. The fourth-order valence-corrected chi connectivity index (χ4v) is 2.07. The van der Waals surface area contributed by atoms with Crippen molar-refractivity contribution in [3.05, 3.63) is 58.6 Å². The molecule has 0 saturated heterocycles. The maximum Gasteiger partial charge on any atom is 0.416 e. The van der Waals surface area contributed by atoms with E-state index in [-0.39, 0.29) is 22.2 Å². The van der Waals surface area contributed by atoms with Crippen molar-refractivity contribution in [3.63, 3.8) is 0 Å². The molecule has 2 aromatic carbocycles. The van der Waals surface area contributed by atoms with Gasteiger partial charge in [0.15, 0.2) is 0 Å². The first-order chi connectivity index (χ1) is 11.2. The van der Waals surface area contributed by atoms with E-state index in [0.717, 1.165) is 24.3 Å². The number of amides is 2. The lowest BCUT2D eigenvalue weighted by molar-refractivity contribution is -0.137. The quantitative estimate of drug-likeness (QED) is 0.846. The Labute approximate surface area is 140 Å². The normalized spacial score (nSPS) is 11.0. The fraction of sp³-hybridized carbons (Fsp3) is 0.125. The van der Waals surface area contributed by atoms with Gasteiger partial charge in [-0.1, -0.05) is 11.6 Å². The summed E-state index contributed by atoms with van der Waals surface area (Å²) >= 11 is 5.97. The Balaban J connectivity index is 2.18. The molecule has 2 rings (SSSR count). The van der Waals surface area contributed by atoms with E-state index in [4.69, 9.17) is 11.6 Å².